The maximum atomic E-state index is 5.93. The molecule has 1 saturated carbocycles. The van der Waals surface area contributed by atoms with Crippen LogP contribution >= 0.6 is 23.2 Å². The van der Waals surface area contributed by atoms with E-state index in [9.17, 15) is 0 Å². The highest BCUT2D eigenvalue weighted by molar-refractivity contribution is 6.30. The first-order valence-electron chi connectivity index (χ1n) is 9.59. The normalized spacial score (nSPS) is 20.2. The molecule has 0 bridgehead atoms. The molecule has 140 valence electrons. The Bertz CT molecular complexity index is 587. The van der Waals surface area contributed by atoms with Gasteiger partial charge in [0.2, 0.25) is 0 Å². The Morgan fingerprint density at radius 2 is 0.962 bits per heavy atom. The molecule has 0 unspecified atom stereocenters. The van der Waals surface area contributed by atoms with Crippen molar-refractivity contribution in [1.82, 2.24) is 10.6 Å². The van der Waals surface area contributed by atoms with Gasteiger partial charge in [-0.1, -0.05) is 47.5 Å². The second-order valence-corrected chi connectivity index (χ2v) is 8.27. The molecule has 0 saturated heterocycles. The van der Waals surface area contributed by atoms with E-state index >= 15 is 0 Å². The third-order valence-corrected chi connectivity index (χ3v) is 5.82. The van der Waals surface area contributed by atoms with Crippen LogP contribution in [0.4, 0.5) is 0 Å². The standard InChI is InChI=1S/C22H28Cl2N2/c23-21-9-5-19(6-10-21)15-25-13-17-1-2-18(4-3-17)14-26-16-20-7-11-22(24)12-8-20/h5-12,17-18,25-26H,1-4,13-16H2. The van der Waals surface area contributed by atoms with Crippen molar-refractivity contribution in [3.63, 3.8) is 0 Å². The number of halogens is 2. The lowest BCUT2D eigenvalue weighted by Gasteiger charge is -2.29. The quantitative estimate of drug-likeness (QED) is 0.605. The Morgan fingerprint density at radius 3 is 1.31 bits per heavy atom. The Morgan fingerprint density at radius 1 is 0.615 bits per heavy atom. The van der Waals surface area contributed by atoms with Crippen molar-refractivity contribution in [2.75, 3.05) is 13.1 Å². The smallest absolute Gasteiger partial charge is 0.0406 e. The van der Waals surface area contributed by atoms with Gasteiger partial charge in [0, 0.05) is 23.1 Å². The Labute approximate surface area is 167 Å². The van der Waals surface area contributed by atoms with Crippen LogP contribution in [0.3, 0.4) is 0 Å². The van der Waals surface area contributed by atoms with Crippen LogP contribution in [0.5, 0.6) is 0 Å². The van der Waals surface area contributed by atoms with E-state index < -0.39 is 0 Å². The molecule has 1 aliphatic rings. The van der Waals surface area contributed by atoms with Crippen LogP contribution in [0.15, 0.2) is 48.5 Å². The summed E-state index contributed by atoms with van der Waals surface area (Å²) < 4.78 is 0. The molecule has 1 fully saturated rings. The van der Waals surface area contributed by atoms with Crippen molar-refractivity contribution in [3.8, 4) is 0 Å². The topological polar surface area (TPSA) is 24.1 Å². The Kier molecular flexibility index (Phi) is 7.82. The van der Waals surface area contributed by atoms with Crippen LogP contribution in [-0.2, 0) is 13.1 Å². The van der Waals surface area contributed by atoms with Crippen molar-refractivity contribution < 1.29 is 0 Å². The van der Waals surface area contributed by atoms with E-state index in [2.05, 4.69) is 34.9 Å². The van der Waals surface area contributed by atoms with E-state index in [4.69, 9.17) is 23.2 Å². The summed E-state index contributed by atoms with van der Waals surface area (Å²) in [5.41, 5.74) is 2.60. The molecule has 0 aliphatic heterocycles. The van der Waals surface area contributed by atoms with Crippen molar-refractivity contribution >= 4 is 23.2 Å². The van der Waals surface area contributed by atoms with E-state index in [0.717, 1.165) is 48.1 Å². The zero-order chi connectivity index (χ0) is 18.2. The first-order chi connectivity index (χ1) is 12.7. The van der Waals surface area contributed by atoms with Gasteiger partial charge in [0.25, 0.3) is 0 Å². The maximum Gasteiger partial charge on any atom is 0.0406 e. The van der Waals surface area contributed by atoms with E-state index in [-0.39, 0.29) is 0 Å². The number of hydrogen-bond acceptors (Lipinski definition) is 2. The molecule has 0 aromatic heterocycles. The first-order valence-corrected chi connectivity index (χ1v) is 10.3. The molecule has 2 N–H and O–H groups in total. The fourth-order valence-electron chi connectivity index (χ4n) is 3.69. The first kappa shape index (κ1) is 19.7. The summed E-state index contributed by atoms with van der Waals surface area (Å²) in [7, 11) is 0. The molecule has 0 spiro atoms. The number of rotatable bonds is 8. The third kappa shape index (κ3) is 6.59. The van der Waals surface area contributed by atoms with Gasteiger partial charge in [0.15, 0.2) is 0 Å². The van der Waals surface area contributed by atoms with E-state index in [1.165, 1.54) is 36.8 Å². The van der Waals surface area contributed by atoms with Gasteiger partial charge in [-0.2, -0.15) is 0 Å². The molecule has 1 aliphatic carbocycles. The van der Waals surface area contributed by atoms with Gasteiger partial charge in [0.1, 0.15) is 0 Å². The average Bonchev–Trinajstić information content (AvgIpc) is 2.66. The molecular formula is C22H28Cl2N2. The summed E-state index contributed by atoms with van der Waals surface area (Å²) in [5, 5.41) is 8.82. The zero-order valence-electron chi connectivity index (χ0n) is 15.2. The fourth-order valence-corrected chi connectivity index (χ4v) is 3.94. The maximum absolute atomic E-state index is 5.93. The molecule has 2 aromatic rings. The van der Waals surface area contributed by atoms with Gasteiger partial charge in [-0.05, 0) is 86.0 Å². The van der Waals surface area contributed by atoms with E-state index in [1.807, 2.05) is 24.3 Å². The summed E-state index contributed by atoms with van der Waals surface area (Å²) in [6, 6.07) is 16.2. The summed E-state index contributed by atoms with van der Waals surface area (Å²) in [6.45, 7) is 4.10. The highest BCUT2D eigenvalue weighted by Crippen LogP contribution is 2.28. The second kappa shape index (κ2) is 10.3. The Balaban J connectivity index is 1.27. The monoisotopic (exact) mass is 390 g/mol. The molecule has 26 heavy (non-hydrogen) atoms. The molecule has 0 amide bonds. The predicted molar refractivity (Wildman–Crippen MR) is 112 cm³/mol. The molecule has 0 radical (unpaired) electrons. The van der Waals surface area contributed by atoms with Gasteiger partial charge in [-0.25, -0.2) is 0 Å². The van der Waals surface area contributed by atoms with Crippen LogP contribution < -0.4 is 10.6 Å². The minimum absolute atomic E-state index is 0.803. The largest absolute Gasteiger partial charge is 0.312 e. The molecule has 3 rings (SSSR count). The van der Waals surface area contributed by atoms with Crippen LogP contribution in [0, 0.1) is 11.8 Å². The van der Waals surface area contributed by atoms with Gasteiger partial charge < -0.3 is 10.6 Å². The van der Waals surface area contributed by atoms with E-state index in [1.54, 1.807) is 0 Å². The van der Waals surface area contributed by atoms with Gasteiger partial charge >= 0.3 is 0 Å². The molecular weight excluding hydrogens is 363 g/mol. The van der Waals surface area contributed by atoms with Gasteiger partial charge in [0.05, 0.1) is 0 Å². The van der Waals surface area contributed by atoms with Crippen LogP contribution in [0.1, 0.15) is 36.8 Å². The lowest BCUT2D eigenvalue weighted by Crippen LogP contribution is -2.30. The second-order valence-electron chi connectivity index (χ2n) is 7.40. The SMILES string of the molecule is Clc1ccc(CNCC2CCC(CNCc3ccc(Cl)cc3)CC2)cc1. The van der Waals surface area contributed by atoms with Crippen LogP contribution in [-0.4, -0.2) is 13.1 Å². The van der Waals surface area contributed by atoms with Gasteiger partial charge in [-0.3, -0.25) is 0 Å². The lowest BCUT2D eigenvalue weighted by atomic mass is 9.82. The summed E-state index contributed by atoms with van der Waals surface area (Å²) in [6.07, 6.45) is 5.34. The minimum atomic E-state index is 0.803. The number of nitrogens with one attached hydrogen (secondary N) is 2. The fraction of sp³-hybridized carbons (Fsp3) is 0.455. The van der Waals surface area contributed by atoms with Crippen LogP contribution in [0.2, 0.25) is 10.0 Å². The summed E-state index contributed by atoms with van der Waals surface area (Å²) in [4.78, 5) is 0. The highest BCUT2D eigenvalue weighted by atomic mass is 35.5. The summed E-state index contributed by atoms with van der Waals surface area (Å²) in [5.74, 6) is 1.63. The lowest BCUT2D eigenvalue weighted by molar-refractivity contribution is 0.261. The van der Waals surface area contributed by atoms with Crippen molar-refractivity contribution in [2.24, 2.45) is 11.8 Å². The molecule has 0 heterocycles. The van der Waals surface area contributed by atoms with Crippen LogP contribution in [0.25, 0.3) is 0 Å². The highest BCUT2D eigenvalue weighted by Gasteiger charge is 2.20. The number of hydrogen-bond donors (Lipinski definition) is 2. The summed E-state index contributed by atoms with van der Waals surface area (Å²) >= 11 is 11.9. The molecule has 2 nitrogen and oxygen atoms in total. The molecule has 0 atom stereocenters. The number of benzene rings is 2. The average molecular weight is 391 g/mol. The minimum Gasteiger partial charge on any atom is -0.312 e. The zero-order valence-corrected chi connectivity index (χ0v) is 16.7. The van der Waals surface area contributed by atoms with Crippen molar-refractivity contribution in [3.05, 3.63) is 69.7 Å². The third-order valence-electron chi connectivity index (χ3n) is 5.32. The van der Waals surface area contributed by atoms with Gasteiger partial charge in [-0.15, -0.1) is 0 Å². The molecule has 2 aromatic carbocycles. The Hall–Kier alpha value is -1.06. The predicted octanol–water partition coefficient (Wildman–Crippen LogP) is 5.68. The molecule has 4 heteroatoms. The van der Waals surface area contributed by atoms with Crippen molar-refractivity contribution in [1.29, 1.82) is 0 Å². The van der Waals surface area contributed by atoms with E-state index in [0.29, 0.717) is 0 Å². The van der Waals surface area contributed by atoms with Crippen molar-refractivity contribution in [2.45, 2.75) is 38.8 Å².